The van der Waals surface area contributed by atoms with Gasteiger partial charge in [0.25, 0.3) is 5.22 Å². The van der Waals surface area contributed by atoms with Crippen LogP contribution in [0.2, 0.25) is 5.28 Å². The number of nitrogens with zero attached hydrogens (tertiary/aromatic N) is 3. The highest BCUT2D eigenvalue weighted by Gasteiger charge is 2.33. The van der Waals surface area contributed by atoms with Crippen molar-refractivity contribution in [2.45, 2.75) is 16.4 Å². The van der Waals surface area contributed by atoms with E-state index in [1.165, 1.54) is 0 Å². The number of hydrogen-bond donors (Lipinski definition) is 0. The highest BCUT2D eigenvalue weighted by atomic mass is 35.5. The molecule has 0 bridgehead atoms. The molecule has 0 saturated carbocycles. The zero-order valence-electron chi connectivity index (χ0n) is 10.1. The zero-order chi connectivity index (χ0) is 15.0. The van der Waals surface area contributed by atoms with Gasteiger partial charge >= 0.3 is 6.18 Å². The Hall–Kier alpha value is -1.80. The van der Waals surface area contributed by atoms with Gasteiger partial charge in [0.1, 0.15) is 10.5 Å². The largest absolute Gasteiger partial charge is 0.433 e. The lowest BCUT2D eigenvalue weighted by Crippen LogP contribution is -2.09. The fourth-order valence-electron chi connectivity index (χ4n) is 1.58. The fourth-order valence-corrected chi connectivity index (χ4v) is 2.57. The number of halogens is 4. The lowest BCUT2D eigenvalue weighted by Gasteiger charge is -2.06. The minimum atomic E-state index is -4.59. The van der Waals surface area contributed by atoms with Crippen molar-refractivity contribution in [2.75, 3.05) is 0 Å². The summed E-state index contributed by atoms with van der Waals surface area (Å²) in [6.45, 7) is 0. The average Bonchev–Trinajstić information content (AvgIpc) is 2.79. The van der Waals surface area contributed by atoms with Crippen LogP contribution in [0.15, 0.2) is 45.0 Å². The standard InChI is InChI=1S/C12H5ClF3N3OS/c13-10-18-8(12(14,15)16)5-9(19-10)21-11-17-6-3-1-2-4-7(6)20-11/h1-5H. The molecule has 0 aliphatic carbocycles. The van der Waals surface area contributed by atoms with Crippen molar-refractivity contribution in [1.82, 2.24) is 15.0 Å². The Morgan fingerprint density at radius 1 is 1.10 bits per heavy atom. The van der Waals surface area contributed by atoms with Gasteiger partial charge in [-0.15, -0.1) is 0 Å². The predicted molar refractivity (Wildman–Crippen MR) is 70.2 cm³/mol. The molecule has 4 nitrogen and oxygen atoms in total. The Morgan fingerprint density at radius 2 is 1.86 bits per heavy atom. The second-order valence-corrected chi connectivity index (χ2v) is 5.22. The molecule has 2 heterocycles. The molecule has 0 atom stereocenters. The van der Waals surface area contributed by atoms with Crippen molar-refractivity contribution >= 4 is 34.5 Å². The molecule has 0 radical (unpaired) electrons. The van der Waals surface area contributed by atoms with Crippen LogP contribution >= 0.6 is 23.4 Å². The van der Waals surface area contributed by atoms with Gasteiger partial charge in [-0.1, -0.05) is 12.1 Å². The number of rotatable bonds is 2. The highest BCUT2D eigenvalue weighted by molar-refractivity contribution is 7.99. The summed E-state index contributed by atoms with van der Waals surface area (Å²) in [7, 11) is 0. The first kappa shape index (κ1) is 14.2. The first-order valence-electron chi connectivity index (χ1n) is 5.57. The van der Waals surface area contributed by atoms with Gasteiger partial charge < -0.3 is 4.42 Å². The van der Waals surface area contributed by atoms with Gasteiger partial charge in [-0.3, -0.25) is 0 Å². The minimum Gasteiger partial charge on any atom is -0.431 e. The summed E-state index contributed by atoms with van der Waals surface area (Å²) in [6, 6.07) is 7.79. The quantitative estimate of drug-likeness (QED) is 0.513. The lowest BCUT2D eigenvalue weighted by molar-refractivity contribution is -0.141. The number of alkyl halides is 3. The first-order valence-corrected chi connectivity index (χ1v) is 6.76. The van der Waals surface area contributed by atoms with E-state index in [4.69, 9.17) is 16.0 Å². The summed E-state index contributed by atoms with van der Waals surface area (Å²) < 4.78 is 43.4. The van der Waals surface area contributed by atoms with Crippen LogP contribution in [-0.4, -0.2) is 15.0 Å². The third-order valence-electron chi connectivity index (χ3n) is 2.43. The number of oxazole rings is 1. The molecule has 108 valence electrons. The molecule has 0 aliphatic heterocycles. The van der Waals surface area contributed by atoms with Gasteiger partial charge in [0.2, 0.25) is 5.28 Å². The Labute approximate surface area is 125 Å². The van der Waals surface area contributed by atoms with Crippen molar-refractivity contribution in [3.63, 3.8) is 0 Å². The topological polar surface area (TPSA) is 51.8 Å². The van der Waals surface area contributed by atoms with Crippen molar-refractivity contribution in [1.29, 1.82) is 0 Å². The summed E-state index contributed by atoms with van der Waals surface area (Å²) in [4.78, 5) is 11.0. The summed E-state index contributed by atoms with van der Waals surface area (Å²) in [5.74, 6) is 0. The zero-order valence-corrected chi connectivity index (χ0v) is 11.6. The van der Waals surface area contributed by atoms with E-state index in [2.05, 4.69) is 15.0 Å². The maximum atomic E-state index is 12.7. The predicted octanol–water partition coefficient (Wildman–Crippen LogP) is 4.44. The SMILES string of the molecule is FC(F)(F)c1cc(Sc2nc3ccccc3o2)nc(Cl)n1. The lowest BCUT2D eigenvalue weighted by atomic mass is 10.3. The van der Waals surface area contributed by atoms with E-state index < -0.39 is 17.2 Å². The van der Waals surface area contributed by atoms with E-state index in [9.17, 15) is 13.2 Å². The van der Waals surface area contributed by atoms with Crippen LogP contribution in [0.3, 0.4) is 0 Å². The average molecular weight is 332 g/mol. The van der Waals surface area contributed by atoms with Gasteiger partial charge in [-0.25, -0.2) is 15.0 Å². The molecular formula is C12H5ClF3N3OS. The molecule has 2 aromatic heterocycles. The van der Waals surface area contributed by atoms with E-state index in [1.54, 1.807) is 24.3 Å². The number of fused-ring (bicyclic) bond motifs is 1. The van der Waals surface area contributed by atoms with E-state index in [-0.39, 0.29) is 10.2 Å². The number of benzene rings is 1. The van der Waals surface area contributed by atoms with Gasteiger partial charge in [0, 0.05) is 6.07 Å². The molecule has 0 N–H and O–H groups in total. The van der Waals surface area contributed by atoms with E-state index in [0.29, 0.717) is 11.1 Å². The summed E-state index contributed by atoms with van der Waals surface area (Å²) in [6.07, 6.45) is -4.59. The maximum absolute atomic E-state index is 12.7. The van der Waals surface area contributed by atoms with Crippen LogP contribution in [-0.2, 0) is 6.18 Å². The molecule has 9 heteroatoms. The molecule has 1 aromatic carbocycles. The highest BCUT2D eigenvalue weighted by Crippen LogP contribution is 2.33. The van der Waals surface area contributed by atoms with Gasteiger partial charge in [0.05, 0.1) is 0 Å². The molecule has 0 fully saturated rings. The van der Waals surface area contributed by atoms with Crippen molar-refractivity contribution in [3.05, 3.63) is 41.3 Å². The molecule has 21 heavy (non-hydrogen) atoms. The molecule has 0 spiro atoms. The minimum absolute atomic E-state index is 0.00822. The van der Waals surface area contributed by atoms with Crippen LogP contribution in [0.4, 0.5) is 13.2 Å². The molecule has 0 unspecified atom stereocenters. The van der Waals surface area contributed by atoms with Crippen molar-refractivity contribution < 1.29 is 17.6 Å². The second-order valence-electron chi connectivity index (χ2n) is 3.91. The summed E-state index contributed by atoms with van der Waals surface area (Å²) in [5.41, 5.74) is 0.0357. The summed E-state index contributed by atoms with van der Waals surface area (Å²) in [5, 5.41) is -0.295. The molecular weight excluding hydrogens is 327 g/mol. The molecule has 0 amide bonds. The Bertz CT molecular complexity index is 773. The number of para-hydroxylation sites is 2. The monoisotopic (exact) mass is 331 g/mol. The van der Waals surface area contributed by atoms with Crippen molar-refractivity contribution in [3.8, 4) is 0 Å². The number of aromatic nitrogens is 3. The Morgan fingerprint density at radius 3 is 2.57 bits per heavy atom. The van der Waals surface area contributed by atoms with Gasteiger partial charge in [-0.2, -0.15) is 13.2 Å². The molecule has 3 aromatic rings. The van der Waals surface area contributed by atoms with Gasteiger partial charge in [0.15, 0.2) is 11.3 Å². The van der Waals surface area contributed by atoms with E-state index in [1.807, 2.05) is 0 Å². The van der Waals surface area contributed by atoms with Crippen LogP contribution in [0.1, 0.15) is 5.69 Å². The van der Waals surface area contributed by atoms with Crippen molar-refractivity contribution in [2.24, 2.45) is 0 Å². The van der Waals surface area contributed by atoms with Gasteiger partial charge in [-0.05, 0) is 35.5 Å². The van der Waals surface area contributed by atoms with Crippen LogP contribution in [0.25, 0.3) is 11.1 Å². The Balaban J connectivity index is 1.95. The first-order chi connectivity index (χ1) is 9.91. The molecule has 0 aliphatic rings. The summed E-state index contributed by atoms with van der Waals surface area (Å²) >= 11 is 6.36. The number of hydrogen-bond acceptors (Lipinski definition) is 5. The smallest absolute Gasteiger partial charge is 0.431 e. The Kier molecular flexibility index (Phi) is 3.50. The molecule has 3 rings (SSSR count). The van der Waals surface area contributed by atoms with Crippen LogP contribution < -0.4 is 0 Å². The van der Waals surface area contributed by atoms with Crippen LogP contribution in [0.5, 0.6) is 0 Å². The molecule has 0 saturated heterocycles. The maximum Gasteiger partial charge on any atom is 0.433 e. The van der Waals surface area contributed by atoms with Crippen LogP contribution in [0, 0.1) is 0 Å². The fraction of sp³-hybridized carbons (Fsp3) is 0.0833. The normalized spacial score (nSPS) is 12.0. The second kappa shape index (κ2) is 5.19. The van der Waals surface area contributed by atoms with E-state index >= 15 is 0 Å². The third kappa shape index (κ3) is 3.11. The van der Waals surface area contributed by atoms with E-state index in [0.717, 1.165) is 17.8 Å². The third-order valence-corrected chi connectivity index (χ3v) is 3.37.